The van der Waals surface area contributed by atoms with Gasteiger partial charge in [0.05, 0.1) is 12.2 Å². The molecule has 1 aliphatic rings. The van der Waals surface area contributed by atoms with Gasteiger partial charge in [0.2, 0.25) is 0 Å². The molecule has 0 aromatic heterocycles. The second-order valence-corrected chi connectivity index (χ2v) is 4.94. The summed E-state index contributed by atoms with van der Waals surface area (Å²) in [6.07, 6.45) is -3.16. The minimum absolute atomic E-state index is 0.0531. The number of benzene rings is 2. The van der Waals surface area contributed by atoms with Crippen LogP contribution in [-0.4, -0.2) is 6.61 Å². The minimum Gasteiger partial charge on any atom is -0.493 e. The molecule has 0 amide bonds. The molecular formula is C18H18F4O. The molecule has 1 nitrogen and oxygen atoms in total. The van der Waals surface area contributed by atoms with E-state index in [4.69, 9.17) is 4.74 Å². The maximum atomic E-state index is 13.7. The summed E-state index contributed by atoms with van der Waals surface area (Å²) in [5, 5.41) is 0. The Hall–Kier alpha value is -2.04. The third kappa shape index (κ3) is 3.66. The molecule has 0 radical (unpaired) electrons. The first-order valence-electron chi connectivity index (χ1n) is 7.58. The molecule has 124 valence electrons. The van der Waals surface area contributed by atoms with Gasteiger partial charge in [0.1, 0.15) is 11.6 Å². The lowest BCUT2D eigenvalue weighted by Crippen LogP contribution is -2.12. The lowest BCUT2D eigenvalue weighted by Gasteiger charge is -2.22. The molecule has 0 unspecified atom stereocenters. The van der Waals surface area contributed by atoms with Crippen LogP contribution in [0.25, 0.3) is 11.1 Å². The Morgan fingerprint density at radius 2 is 1.70 bits per heavy atom. The van der Waals surface area contributed by atoms with Crippen molar-refractivity contribution in [2.45, 2.75) is 32.9 Å². The van der Waals surface area contributed by atoms with E-state index in [0.29, 0.717) is 24.3 Å². The van der Waals surface area contributed by atoms with Crippen LogP contribution in [0.4, 0.5) is 17.6 Å². The Balaban J connectivity index is 0.000000924. The molecule has 1 heterocycles. The first-order chi connectivity index (χ1) is 11.0. The molecule has 0 saturated heterocycles. The highest BCUT2D eigenvalue weighted by atomic mass is 19.4. The molecule has 2 aromatic rings. The highest BCUT2D eigenvalue weighted by molar-refractivity contribution is 5.75. The summed E-state index contributed by atoms with van der Waals surface area (Å²) in [5.41, 5.74) is -0.0551. The molecule has 0 aliphatic carbocycles. The van der Waals surface area contributed by atoms with Gasteiger partial charge >= 0.3 is 6.18 Å². The summed E-state index contributed by atoms with van der Waals surface area (Å²) < 4.78 is 58.6. The molecule has 0 bridgehead atoms. The van der Waals surface area contributed by atoms with Crippen LogP contribution >= 0.6 is 0 Å². The zero-order valence-corrected chi connectivity index (χ0v) is 13.0. The number of rotatable bonds is 1. The van der Waals surface area contributed by atoms with E-state index >= 15 is 0 Å². The third-order valence-corrected chi connectivity index (χ3v) is 3.49. The largest absolute Gasteiger partial charge is 0.493 e. The van der Waals surface area contributed by atoms with Gasteiger partial charge in [0, 0.05) is 5.56 Å². The summed E-state index contributed by atoms with van der Waals surface area (Å²) in [6.45, 7) is 4.43. The number of alkyl halides is 3. The lowest BCUT2D eigenvalue weighted by atomic mass is 9.94. The monoisotopic (exact) mass is 326 g/mol. The lowest BCUT2D eigenvalue weighted by molar-refractivity contribution is -0.137. The average molecular weight is 326 g/mol. The van der Waals surface area contributed by atoms with Gasteiger partial charge in [-0.3, -0.25) is 0 Å². The van der Waals surface area contributed by atoms with Crippen molar-refractivity contribution < 1.29 is 22.3 Å². The smallest absolute Gasteiger partial charge is 0.417 e. The van der Waals surface area contributed by atoms with E-state index in [-0.39, 0.29) is 11.1 Å². The van der Waals surface area contributed by atoms with Crippen LogP contribution in [0.2, 0.25) is 0 Å². The van der Waals surface area contributed by atoms with Crippen LogP contribution in [0, 0.1) is 5.82 Å². The van der Waals surface area contributed by atoms with Gasteiger partial charge in [-0.15, -0.1) is 0 Å². The van der Waals surface area contributed by atoms with Crippen LogP contribution in [0.3, 0.4) is 0 Å². The number of ether oxygens (including phenoxy) is 1. The highest BCUT2D eigenvalue weighted by Gasteiger charge is 2.34. The standard InChI is InChI=1S/C16H12F4O.C2H6/c17-11-8-10-4-3-7-21-15(10)13(9-11)12-5-1-2-6-14(12)16(18,19)20;1-2/h1-2,5-6,8-9H,3-4,7H2;1-2H3. The van der Waals surface area contributed by atoms with E-state index < -0.39 is 17.6 Å². The van der Waals surface area contributed by atoms with Gasteiger partial charge in [0.25, 0.3) is 0 Å². The fourth-order valence-corrected chi connectivity index (χ4v) is 2.61. The Morgan fingerprint density at radius 1 is 1.00 bits per heavy atom. The van der Waals surface area contributed by atoms with Gasteiger partial charge in [-0.1, -0.05) is 32.0 Å². The van der Waals surface area contributed by atoms with Crippen LogP contribution < -0.4 is 4.74 Å². The predicted molar refractivity (Wildman–Crippen MR) is 82.0 cm³/mol. The molecule has 0 fully saturated rings. The second-order valence-electron chi connectivity index (χ2n) is 4.94. The average Bonchev–Trinajstić information content (AvgIpc) is 2.55. The normalized spacial score (nSPS) is 13.5. The molecule has 23 heavy (non-hydrogen) atoms. The van der Waals surface area contributed by atoms with E-state index in [1.807, 2.05) is 13.8 Å². The second kappa shape index (κ2) is 7.02. The van der Waals surface area contributed by atoms with E-state index in [0.717, 1.165) is 18.6 Å². The Labute approximate surface area is 132 Å². The van der Waals surface area contributed by atoms with Crippen molar-refractivity contribution in [1.82, 2.24) is 0 Å². The van der Waals surface area contributed by atoms with Crippen molar-refractivity contribution in [3.05, 3.63) is 53.3 Å². The number of hydrogen-bond acceptors (Lipinski definition) is 1. The zero-order chi connectivity index (χ0) is 17.0. The van der Waals surface area contributed by atoms with E-state index in [2.05, 4.69) is 0 Å². The minimum atomic E-state index is -4.50. The van der Waals surface area contributed by atoms with Gasteiger partial charge in [-0.2, -0.15) is 13.2 Å². The Kier molecular flexibility index (Phi) is 5.29. The fraction of sp³-hybridized carbons (Fsp3) is 0.333. The van der Waals surface area contributed by atoms with Crippen molar-refractivity contribution in [3.63, 3.8) is 0 Å². The molecule has 0 saturated carbocycles. The first-order valence-corrected chi connectivity index (χ1v) is 7.58. The third-order valence-electron chi connectivity index (χ3n) is 3.49. The molecule has 3 rings (SSSR count). The van der Waals surface area contributed by atoms with Crippen molar-refractivity contribution in [1.29, 1.82) is 0 Å². The summed E-state index contributed by atoms with van der Waals surface area (Å²) in [6, 6.07) is 7.60. The molecule has 2 aromatic carbocycles. The zero-order valence-electron chi connectivity index (χ0n) is 13.0. The van der Waals surface area contributed by atoms with E-state index in [1.54, 1.807) is 0 Å². The van der Waals surface area contributed by atoms with Gasteiger partial charge < -0.3 is 4.74 Å². The highest BCUT2D eigenvalue weighted by Crippen LogP contribution is 2.43. The SMILES string of the molecule is CC.Fc1cc2c(c(-c3ccccc3C(F)(F)F)c1)OCCC2. The molecule has 5 heteroatoms. The van der Waals surface area contributed by atoms with Gasteiger partial charge in [-0.25, -0.2) is 4.39 Å². The number of fused-ring (bicyclic) bond motifs is 1. The topological polar surface area (TPSA) is 9.23 Å². The maximum Gasteiger partial charge on any atom is 0.417 e. The maximum absolute atomic E-state index is 13.7. The van der Waals surface area contributed by atoms with Gasteiger partial charge in [0.15, 0.2) is 0 Å². The quantitative estimate of drug-likeness (QED) is 0.596. The first kappa shape index (κ1) is 17.3. The number of halogens is 4. The van der Waals surface area contributed by atoms with Crippen LogP contribution in [-0.2, 0) is 12.6 Å². The van der Waals surface area contributed by atoms with Crippen molar-refractivity contribution in [2.24, 2.45) is 0 Å². The predicted octanol–water partition coefficient (Wildman–Crippen LogP) is 5.86. The molecule has 0 spiro atoms. The van der Waals surface area contributed by atoms with Crippen molar-refractivity contribution in [3.8, 4) is 16.9 Å². The van der Waals surface area contributed by atoms with Gasteiger partial charge in [-0.05, 0) is 42.2 Å². The molecule has 0 atom stereocenters. The van der Waals surface area contributed by atoms with E-state index in [1.165, 1.54) is 24.3 Å². The van der Waals surface area contributed by atoms with Crippen molar-refractivity contribution in [2.75, 3.05) is 6.61 Å². The van der Waals surface area contributed by atoms with Crippen molar-refractivity contribution >= 4 is 0 Å². The summed E-state index contributed by atoms with van der Waals surface area (Å²) in [7, 11) is 0. The Bertz CT molecular complexity index is 677. The summed E-state index contributed by atoms with van der Waals surface area (Å²) >= 11 is 0. The molecule has 1 aliphatic heterocycles. The molecule has 0 N–H and O–H groups in total. The fourth-order valence-electron chi connectivity index (χ4n) is 2.61. The summed E-state index contributed by atoms with van der Waals surface area (Å²) in [4.78, 5) is 0. The Morgan fingerprint density at radius 3 is 2.39 bits per heavy atom. The number of hydrogen-bond donors (Lipinski definition) is 0. The van der Waals surface area contributed by atoms with E-state index in [9.17, 15) is 17.6 Å². The van der Waals surface area contributed by atoms with Crippen LogP contribution in [0.15, 0.2) is 36.4 Å². The van der Waals surface area contributed by atoms with Crippen LogP contribution in [0.5, 0.6) is 5.75 Å². The summed E-state index contributed by atoms with van der Waals surface area (Å²) in [5.74, 6) is -0.189. The molecular weight excluding hydrogens is 308 g/mol. The number of aryl methyl sites for hydroxylation is 1. The van der Waals surface area contributed by atoms with Crippen LogP contribution in [0.1, 0.15) is 31.4 Å².